The third-order valence-electron chi connectivity index (χ3n) is 2.17. The van der Waals surface area contributed by atoms with Crippen molar-refractivity contribution in [2.45, 2.75) is 39.1 Å². The zero-order valence-corrected chi connectivity index (χ0v) is 9.14. The fourth-order valence-electron chi connectivity index (χ4n) is 1.16. The molecule has 0 aromatic heterocycles. The van der Waals surface area contributed by atoms with Gasteiger partial charge in [-0.3, -0.25) is 0 Å². The van der Waals surface area contributed by atoms with Gasteiger partial charge in [-0.2, -0.15) is 0 Å². The van der Waals surface area contributed by atoms with Crippen molar-refractivity contribution in [2.75, 3.05) is 7.11 Å². The number of hydrogen-bond donors (Lipinski definition) is 3. The van der Waals surface area contributed by atoms with E-state index >= 15 is 0 Å². The van der Waals surface area contributed by atoms with Gasteiger partial charge in [0, 0.05) is 0 Å². The van der Waals surface area contributed by atoms with Crippen LogP contribution in [0.2, 0.25) is 0 Å². The summed E-state index contributed by atoms with van der Waals surface area (Å²) in [4.78, 5) is 0. The normalized spacial score (nSPS) is 19.3. The summed E-state index contributed by atoms with van der Waals surface area (Å²) in [6.07, 6.45) is -1.81. The monoisotopic (exact) mass is 204 g/mol. The fourth-order valence-corrected chi connectivity index (χ4v) is 1.16. The van der Waals surface area contributed by atoms with E-state index in [1.807, 2.05) is 0 Å². The van der Waals surface area contributed by atoms with E-state index in [0.29, 0.717) is 0 Å². The van der Waals surface area contributed by atoms with Gasteiger partial charge in [-0.15, -0.1) is 0 Å². The standard InChI is InChI=1S/C10H20O4/c1-5-7(14-4)9(12)10(13)8(11)6(2)3/h5-6,8-13H,1-4H3/b7-5-/t8-,9?,10-/m0/s1. The lowest BCUT2D eigenvalue weighted by Crippen LogP contribution is -2.41. The maximum atomic E-state index is 9.59. The van der Waals surface area contributed by atoms with Crippen LogP contribution in [0.5, 0.6) is 0 Å². The first-order valence-electron chi connectivity index (χ1n) is 4.70. The first-order valence-corrected chi connectivity index (χ1v) is 4.70. The van der Waals surface area contributed by atoms with Crippen molar-refractivity contribution in [1.29, 1.82) is 0 Å². The molecule has 84 valence electrons. The van der Waals surface area contributed by atoms with Crippen LogP contribution in [0.1, 0.15) is 20.8 Å². The minimum Gasteiger partial charge on any atom is -0.499 e. The summed E-state index contributed by atoms with van der Waals surface area (Å²) in [5.74, 6) is 0.145. The molecule has 0 saturated heterocycles. The molecule has 0 aromatic rings. The van der Waals surface area contributed by atoms with Crippen LogP contribution < -0.4 is 0 Å². The van der Waals surface area contributed by atoms with E-state index in [1.165, 1.54) is 7.11 Å². The summed E-state index contributed by atoms with van der Waals surface area (Å²) in [5.41, 5.74) is 0. The number of ether oxygens (including phenoxy) is 1. The van der Waals surface area contributed by atoms with Gasteiger partial charge in [0.2, 0.25) is 0 Å². The Kier molecular flexibility index (Phi) is 5.76. The molecule has 4 nitrogen and oxygen atoms in total. The average molecular weight is 204 g/mol. The van der Waals surface area contributed by atoms with Gasteiger partial charge in [0.25, 0.3) is 0 Å². The van der Waals surface area contributed by atoms with Gasteiger partial charge < -0.3 is 20.1 Å². The molecule has 0 amide bonds. The Morgan fingerprint density at radius 1 is 1.14 bits per heavy atom. The summed E-state index contributed by atoms with van der Waals surface area (Å²) in [6.45, 7) is 5.22. The molecule has 3 atom stereocenters. The van der Waals surface area contributed by atoms with Crippen LogP contribution in [-0.4, -0.2) is 40.7 Å². The lowest BCUT2D eigenvalue weighted by atomic mass is 9.97. The van der Waals surface area contributed by atoms with Gasteiger partial charge in [-0.05, 0) is 18.9 Å². The molecule has 4 heteroatoms. The molecule has 3 N–H and O–H groups in total. The highest BCUT2D eigenvalue weighted by Gasteiger charge is 2.29. The van der Waals surface area contributed by atoms with E-state index in [1.54, 1.807) is 26.8 Å². The minimum absolute atomic E-state index is 0.116. The zero-order valence-electron chi connectivity index (χ0n) is 9.14. The Labute approximate surface area is 84.8 Å². The number of methoxy groups -OCH3 is 1. The van der Waals surface area contributed by atoms with Crippen LogP contribution in [0, 0.1) is 5.92 Å². The summed E-state index contributed by atoms with van der Waals surface area (Å²) in [6, 6.07) is 0. The molecule has 1 unspecified atom stereocenters. The first kappa shape index (κ1) is 13.4. The van der Waals surface area contributed by atoms with E-state index in [0.717, 1.165) is 0 Å². The topological polar surface area (TPSA) is 69.9 Å². The van der Waals surface area contributed by atoms with E-state index in [2.05, 4.69) is 0 Å². The second kappa shape index (κ2) is 6.01. The zero-order chi connectivity index (χ0) is 11.3. The van der Waals surface area contributed by atoms with Gasteiger partial charge in [-0.25, -0.2) is 0 Å². The van der Waals surface area contributed by atoms with Gasteiger partial charge in [-0.1, -0.05) is 13.8 Å². The smallest absolute Gasteiger partial charge is 0.139 e. The Morgan fingerprint density at radius 2 is 1.64 bits per heavy atom. The van der Waals surface area contributed by atoms with Crippen molar-refractivity contribution in [2.24, 2.45) is 5.92 Å². The molecule has 0 bridgehead atoms. The number of rotatable bonds is 5. The quantitative estimate of drug-likeness (QED) is 0.562. The van der Waals surface area contributed by atoms with Crippen LogP contribution in [-0.2, 0) is 4.74 Å². The van der Waals surface area contributed by atoms with Crippen molar-refractivity contribution in [3.05, 3.63) is 11.8 Å². The largest absolute Gasteiger partial charge is 0.499 e. The van der Waals surface area contributed by atoms with Crippen LogP contribution in [0.3, 0.4) is 0 Å². The highest BCUT2D eigenvalue weighted by atomic mass is 16.5. The van der Waals surface area contributed by atoms with E-state index in [4.69, 9.17) is 4.74 Å². The Hall–Kier alpha value is -0.580. The molecular weight excluding hydrogens is 184 g/mol. The van der Waals surface area contributed by atoms with Gasteiger partial charge >= 0.3 is 0 Å². The van der Waals surface area contributed by atoms with Crippen LogP contribution in [0.25, 0.3) is 0 Å². The lowest BCUT2D eigenvalue weighted by molar-refractivity contribution is -0.0759. The summed E-state index contributed by atoms with van der Waals surface area (Å²) in [7, 11) is 1.41. The second-order valence-corrected chi connectivity index (χ2v) is 3.57. The molecular formula is C10H20O4. The van der Waals surface area contributed by atoms with Crippen molar-refractivity contribution >= 4 is 0 Å². The predicted molar refractivity (Wildman–Crippen MR) is 53.6 cm³/mol. The fraction of sp³-hybridized carbons (Fsp3) is 0.800. The van der Waals surface area contributed by atoms with Crippen molar-refractivity contribution in [1.82, 2.24) is 0 Å². The van der Waals surface area contributed by atoms with Gasteiger partial charge in [0.1, 0.15) is 18.0 Å². The minimum atomic E-state index is -1.22. The summed E-state index contributed by atoms with van der Waals surface area (Å²) in [5, 5.41) is 28.7. The molecule has 0 aromatic carbocycles. The molecule has 0 fully saturated rings. The van der Waals surface area contributed by atoms with Crippen molar-refractivity contribution in [3.63, 3.8) is 0 Å². The Bertz CT molecular complexity index is 189. The Morgan fingerprint density at radius 3 is 1.93 bits per heavy atom. The lowest BCUT2D eigenvalue weighted by Gasteiger charge is -2.26. The third-order valence-corrected chi connectivity index (χ3v) is 2.17. The summed E-state index contributed by atoms with van der Waals surface area (Å²) >= 11 is 0. The molecule has 0 aliphatic heterocycles. The van der Waals surface area contributed by atoms with Crippen LogP contribution >= 0.6 is 0 Å². The molecule has 0 aliphatic rings. The molecule has 14 heavy (non-hydrogen) atoms. The highest BCUT2D eigenvalue weighted by molar-refractivity contribution is 5.02. The van der Waals surface area contributed by atoms with Crippen molar-refractivity contribution < 1.29 is 20.1 Å². The second-order valence-electron chi connectivity index (χ2n) is 3.57. The molecule has 0 heterocycles. The number of aliphatic hydroxyl groups is 3. The summed E-state index contributed by atoms with van der Waals surface area (Å²) < 4.78 is 4.85. The average Bonchev–Trinajstić information content (AvgIpc) is 2.17. The molecule has 0 saturated carbocycles. The Balaban J connectivity index is 4.45. The molecule has 0 radical (unpaired) electrons. The third kappa shape index (κ3) is 3.29. The number of allylic oxidation sites excluding steroid dienone is 1. The van der Waals surface area contributed by atoms with E-state index in [-0.39, 0.29) is 11.7 Å². The van der Waals surface area contributed by atoms with E-state index in [9.17, 15) is 15.3 Å². The maximum Gasteiger partial charge on any atom is 0.139 e. The molecule has 0 rings (SSSR count). The van der Waals surface area contributed by atoms with Gasteiger partial charge in [0.15, 0.2) is 0 Å². The van der Waals surface area contributed by atoms with Gasteiger partial charge in [0.05, 0.1) is 13.2 Å². The SMILES string of the molecule is C/C=C(\OC)C(O)[C@@H](O)[C@@H](O)C(C)C. The highest BCUT2D eigenvalue weighted by Crippen LogP contribution is 2.15. The number of hydrogen-bond acceptors (Lipinski definition) is 4. The van der Waals surface area contributed by atoms with Crippen molar-refractivity contribution in [3.8, 4) is 0 Å². The maximum absolute atomic E-state index is 9.59. The number of aliphatic hydroxyl groups excluding tert-OH is 3. The van der Waals surface area contributed by atoms with Crippen LogP contribution in [0.4, 0.5) is 0 Å². The first-order chi connectivity index (χ1) is 6.45. The predicted octanol–water partition coefficient (Wildman–Crippen LogP) is 0.275. The molecule has 0 spiro atoms. The van der Waals surface area contributed by atoms with Crippen LogP contribution in [0.15, 0.2) is 11.8 Å². The molecule has 0 aliphatic carbocycles. The van der Waals surface area contributed by atoms with E-state index < -0.39 is 18.3 Å².